The van der Waals surface area contributed by atoms with Gasteiger partial charge < -0.3 is 19.3 Å². The van der Waals surface area contributed by atoms with Crippen LogP contribution in [0, 0.1) is 11.7 Å². The highest BCUT2D eigenvalue weighted by Crippen LogP contribution is 2.21. The Balaban J connectivity index is 1.22. The minimum absolute atomic E-state index is 0.0638. The second-order valence-electron chi connectivity index (χ2n) is 8.43. The molecule has 2 aliphatic rings. The van der Waals surface area contributed by atoms with Gasteiger partial charge in [0.2, 0.25) is 0 Å². The van der Waals surface area contributed by atoms with Gasteiger partial charge in [0, 0.05) is 37.7 Å². The average molecular weight is 441 g/mol. The van der Waals surface area contributed by atoms with Gasteiger partial charge in [-0.2, -0.15) is 0 Å². The SMILES string of the molecule is O=C(COc1ccc(F)cc1)N1CCC[C@@H](COc2ccc(C(=O)N3CCCC3)cc2)C1. The van der Waals surface area contributed by atoms with E-state index in [2.05, 4.69) is 0 Å². The van der Waals surface area contributed by atoms with Crippen LogP contribution >= 0.6 is 0 Å². The predicted molar refractivity (Wildman–Crippen MR) is 118 cm³/mol. The quantitative estimate of drug-likeness (QED) is 0.658. The summed E-state index contributed by atoms with van der Waals surface area (Å²) >= 11 is 0. The van der Waals surface area contributed by atoms with Crippen molar-refractivity contribution in [2.45, 2.75) is 25.7 Å². The van der Waals surface area contributed by atoms with Gasteiger partial charge >= 0.3 is 0 Å². The molecule has 2 aliphatic heterocycles. The van der Waals surface area contributed by atoms with Crippen molar-refractivity contribution in [2.24, 2.45) is 5.92 Å². The first-order valence-corrected chi connectivity index (χ1v) is 11.3. The Kier molecular flexibility index (Phi) is 7.24. The van der Waals surface area contributed by atoms with Crippen molar-refractivity contribution in [1.82, 2.24) is 9.80 Å². The van der Waals surface area contributed by atoms with Gasteiger partial charge in [0.1, 0.15) is 17.3 Å². The van der Waals surface area contributed by atoms with Gasteiger partial charge in [0.05, 0.1) is 6.61 Å². The molecule has 0 unspecified atom stereocenters. The van der Waals surface area contributed by atoms with Crippen LogP contribution in [0.25, 0.3) is 0 Å². The Morgan fingerprint density at radius 3 is 2.19 bits per heavy atom. The fourth-order valence-corrected chi connectivity index (χ4v) is 4.21. The third-order valence-corrected chi connectivity index (χ3v) is 6.03. The molecule has 1 atom stereocenters. The highest BCUT2D eigenvalue weighted by molar-refractivity contribution is 5.94. The summed E-state index contributed by atoms with van der Waals surface area (Å²) in [6.07, 6.45) is 4.06. The molecule has 7 heteroatoms. The summed E-state index contributed by atoms with van der Waals surface area (Å²) in [6.45, 7) is 3.45. The highest BCUT2D eigenvalue weighted by Gasteiger charge is 2.25. The van der Waals surface area contributed by atoms with Crippen LogP contribution in [0.15, 0.2) is 48.5 Å². The molecule has 2 saturated heterocycles. The smallest absolute Gasteiger partial charge is 0.260 e. The van der Waals surface area contributed by atoms with E-state index in [4.69, 9.17) is 9.47 Å². The number of likely N-dealkylation sites (tertiary alicyclic amines) is 2. The van der Waals surface area contributed by atoms with Gasteiger partial charge in [-0.15, -0.1) is 0 Å². The lowest BCUT2D eigenvalue weighted by Crippen LogP contribution is -2.43. The van der Waals surface area contributed by atoms with E-state index >= 15 is 0 Å². The number of amides is 2. The van der Waals surface area contributed by atoms with E-state index in [1.54, 1.807) is 4.90 Å². The predicted octanol–water partition coefficient (Wildman–Crippen LogP) is 3.76. The Morgan fingerprint density at radius 2 is 1.47 bits per heavy atom. The normalized spacial score (nSPS) is 18.5. The first kappa shape index (κ1) is 22.1. The maximum Gasteiger partial charge on any atom is 0.260 e. The number of piperidine rings is 1. The summed E-state index contributed by atoms with van der Waals surface area (Å²) in [4.78, 5) is 28.7. The Hall–Kier alpha value is -3.09. The van der Waals surface area contributed by atoms with Crippen LogP contribution in [0.3, 0.4) is 0 Å². The molecular weight excluding hydrogens is 411 g/mol. The van der Waals surface area contributed by atoms with E-state index in [1.165, 1.54) is 24.3 Å². The van der Waals surface area contributed by atoms with Crippen molar-refractivity contribution < 1.29 is 23.5 Å². The molecule has 2 aromatic rings. The van der Waals surface area contributed by atoms with Crippen molar-refractivity contribution in [2.75, 3.05) is 39.4 Å². The lowest BCUT2D eigenvalue weighted by Gasteiger charge is -2.32. The molecule has 4 rings (SSSR count). The van der Waals surface area contributed by atoms with Crippen LogP contribution < -0.4 is 9.47 Å². The van der Waals surface area contributed by atoms with Crippen LogP contribution in [-0.4, -0.2) is 61.0 Å². The van der Waals surface area contributed by atoms with Crippen molar-refractivity contribution in [3.8, 4) is 11.5 Å². The number of ether oxygens (including phenoxy) is 2. The third-order valence-electron chi connectivity index (χ3n) is 6.03. The second kappa shape index (κ2) is 10.5. The lowest BCUT2D eigenvalue weighted by atomic mass is 9.99. The van der Waals surface area contributed by atoms with E-state index in [9.17, 15) is 14.0 Å². The molecule has 32 heavy (non-hydrogen) atoms. The Morgan fingerprint density at radius 1 is 0.844 bits per heavy atom. The van der Waals surface area contributed by atoms with Gasteiger partial charge in [-0.25, -0.2) is 4.39 Å². The van der Waals surface area contributed by atoms with Gasteiger partial charge in [-0.05, 0) is 74.2 Å². The van der Waals surface area contributed by atoms with Crippen LogP contribution in [-0.2, 0) is 4.79 Å². The topological polar surface area (TPSA) is 59.1 Å². The number of hydrogen-bond acceptors (Lipinski definition) is 4. The fraction of sp³-hybridized carbons (Fsp3) is 0.440. The first-order valence-electron chi connectivity index (χ1n) is 11.3. The summed E-state index contributed by atoms with van der Waals surface area (Å²) in [5, 5.41) is 0. The fourth-order valence-electron chi connectivity index (χ4n) is 4.21. The Labute approximate surface area is 187 Å². The molecule has 0 N–H and O–H groups in total. The van der Waals surface area contributed by atoms with Crippen LogP contribution in [0.2, 0.25) is 0 Å². The third kappa shape index (κ3) is 5.78. The molecule has 2 amide bonds. The highest BCUT2D eigenvalue weighted by atomic mass is 19.1. The minimum Gasteiger partial charge on any atom is -0.493 e. The molecule has 170 valence electrons. The van der Waals surface area contributed by atoms with E-state index < -0.39 is 0 Å². The number of carbonyl (C=O) groups is 2. The van der Waals surface area contributed by atoms with Gasteiger partial charge in [-0.1, -0.05) is 0 Å². The molecule has 2 fully saturated rings. The van der Waals surface area contributed by atoms with Crippen molar-refractivity contribution in [3.05, 3.63) is 59.9 Å². The van der Waals surface area contributed by atoms with Gasteiger partial charge in [-0.3, -0.25) is 9.59 Å². The van der Waals surface area contributed by atoms with Gasteiger partial charge in [0.25, 0.3) is 11.8 Å². The van der Waals surface area contributed by atoms with E-state index in [-0.39, 0.29) is 30.2 Å². The first-order chi connectivity index (χ1) is 15.6. The second-order valence-corrected chi connectivity index (χ2v) is 8.43. The van der Waals surface area contributed by atoms with Gasteiger partial charge in [0.15, 0.2) is 6.61 Å². The zero-order valence-corrected chi connectivity index (χ0v) is 18.2. The van der Waals surface area contributed by atoms with E-state index in [0.29, 0.717) is 31.0 Å². The molecule has 2 aromatic carbocycles. The van der Waals surface area contributed by atoms with Crippen molar-refractivity contribution >= 4 is 11.8 Å². The minimum atomic E-state index is -0.338. The monoisotopic (exact) mass is 440 g/mol. The van der Waals surface area contributed by atoms with Crippen molar-refractivity contribution in [3.63, 3.8) is 0 Å². The lowest BCUT2D eigenvalue weighted by molar-refractivity contribution is -0.135. The van der Waals surface area contributed by atoms with E-state index in [1.807, 2.05) is 29.2 Å². The average Bonchev–Trinajstić information content (AvgIpc) is 3.37. The molecule has 2 heterocycles. The Bertz CT molecular complexity index is 911. The number of hydrogen-bond donors (Lipinski definition) is 0. The zero-order chi connectivity index (χ0) is 22.3. The molecule has 0 radical (unpaired) electrons. The molecule has 6 nitrogen and oxygen atoms in total. The van der Waals surface area contributed by atoms with E-state index in [0.717, 1.165) is 44.5 Å². The summed E-state index contributed by atoms with van der Waals surface area (Å²) in [5.74, 6) is 1.11. The number of halogens is 1. The summed E-state index contributed by atoms with van der Waals surface area (Å²) < 4.78 is 24.4. The molecule has 0 saturated carbocycles. The molecule has 0 spiro atoms. The molecule has 0 bridgehead atoms. The van der Waals surface area contributed by atoms with Crippen molar-refractivity contribution in [1.29, 1.82) is 0 Å². The number of benzene rings is 2. The van der Waals surface area contributed by atoms with Crippen LogP contribution in [0.4, 0.5) is 4.39 Å². The number of carbonyl (C=O) groups excluding carboxylic acids is 2. The number of rotatable bonds is 7. The maximum atomic E-state index is 13.0. The largest absolute Gasteiger partial charge is 0.493 e. The zero-order valence-electron chi connectivity index (χ0n) is 18.2. The summed E-state index contributed by atoms with van der Waals surface area (Å²) in [6, 6.07) is 13.0. The summed E-state index contributed by atoms with van der Waals surface area (Å²) in [7, 11) is 0. The maximum absolute atomic E-state index is 13.0. The van der Waals surface area contributed by atoms with Crippen LogP contribution in [0.1, 0.15) is 36.0 Å². The molecule has 0 aromatic heterocycles. The number of nitrogens with zero attached hydrogens (tertiary/aromatic N) is 2. The molecule has 0 aliphatic carbocycles. The molecular formula is C25H29FN2O4. The van der Waals surface area contributed by atoms with Crippen LogP contribution in [0.5, 0.6) is 11.5 Å². The summed E-state index contributed by atoms with van der Waals surface area (Å²) in [5.41, 5.74) is 0.690. The standard InChI is InChI=1S/C25H29FN2O4/c26-21-7-11-23(12-8-21)32-18-24(29)28-15-3-4-19(16-28)17-31-22-9-5-20(6-10-22)25(30)27-13-1-2-14-27/h5-12,19H,1-4,13-18H2/t19-/m1/s1.